The van der Waals surface area contributed by atoms with E-state index in [0.717, 1.165) is 17.3 Å². The molecule has 1 heterocycles. The Hall–Kier alpha value is -1.11. The second kappa shape index (κ2) is 7.42. The van der Waals surface area contributed by atoms with E-state index in [1.165, 1.54) is 0 Å². The number of halogens is 2. The molecule has 1 unspecified atom stereocenters. The third-order valence-electron chi connectivity index (χ3n) is 4.61. The summed E-state index contributed by atoms with van der Waals surface area (Å²) in [5.74, 6) is 0.0309. The Morgan fingerprint density at radius 2 is 1.92 bits per heavy atom. The number of rotatable bonds is 4. The summed E-state index contributed by atoms with van der Waals surface area (Å²) in [4.78, 5) is 28.7. The molecule has 24 heavy (non-hydrogen) atoms. The molecule has 1 saturated carbocycles. The van der Waals surface area contributed by atoms with Gasteiger partial charge in [-0.25, -0.2) is 0 Å². The number of nitrogens with one attached hydrogen (secondary N) is 1. The third kappa shape index (κ3) is 4.10. The topological polar surface area (TPSA) is 52.7 Å². The summed E-state index contributed by atoms with van der Waals surface area (Å²) in [5.41, 5.74) is 0.513. The molecule has 3 rings (SSSR count). The van der Waals surface area contributed by atoms with E-state index in [-0.39, 0.29) is 17.9 Å². The van der Waals surface area contributed by atoms with Crippen molar-refractivity contribution < 1.29 is 9.59 Å². The van der Waals surface area contributed by atoms with E-state index in [0.29, 0.717) is 42.8 Å². The van der Waals surface area contributed by atoms with Gasteiger partial charge in [0, 0.05) is 36.7 Å². The van der Waals surface area contributed by atoms with Crippen LogP contribution in [0.1, 0.15) is 30.1 Å². The molecule has 7 heteroatoms. The number of benzene rings is 1. The predicted molar refractivity (Wildman–Crippen MR) is 97.3 cm³/mol. The fraction of sp³-hybridized carbons (Fsp3) is 0.529. The van der Waals surface area contributed by atoms with Crippen molar-refractivity contribution in [2.75, 3.05) is 26.2 Å². The van der Waals surface area contributed by atoms with Gasteiger partial charge in [0.25, 0.3) is 5.91 Å². The van der Waals surface area contributed by atoms with Gasteiger partial charge in [-0.3, -0.25) is 14.5 Å². The highest BCUT2D eigenvalue weighted by molar-refractivity contribution is 9.10. The molecule has 1 aliphatic carbocycles. The molecular weight excluding hydrogens is 394 g/mol. The second-order valence-electron chi connectivity index (χ2n) is 6.41. The smallest absolute Gasteiger partial charge is 0.255 e. The van der Waals surface area contributed by atoms with Gasteiger partial charge in [0.2, 0.25) is 5.91 Å². The van der Waals surface area contributed by atoms with Crippen LogP contribution in [0, 0.1) is 0 Å². The van der Waals surface area contributed by atoms with Crippen LogP contribution in [-0.4, -0.2) is 59.9 Å². The number of carbonyl (C=O) groups excluding carboxylic acids is 2. The van der Waals surface area contributed by atoms with Gasteiger partial charge in [-0.2, -0.15) is 0 Å². The maximum atomic E-state index is 12.7. The normalized spacial score (nSPS) is 19.9. The number of piperazine rings is 1. The van der Waals surface area contributed by atoms with Crippen LogP contribution in [0.25, 0.3) is 0 Å². The van der Waals surface area contributed by atoms with E-state index in [2.05, 4.69) is 26.1 Å². The van der Waals surface area contributed by atoms with Gasteiger partial charge in [0.15, 0.2) is 0 Å². The molecule has 0 aromatic heterocycles. The standard InChI is InChI=1S/C17H21BrClN3O2/c1-11(16(23)20-13-3-4-13)21-6-8-22(9-7-21)17(24)14-10-12(18)2-5-15(14)19/h2,5,10-11,13H,3-4,6-9H2,1H3,(H,20,23). The SMILES string of the molecule is CC(C(=O)NC1CC1)N1CCN(C(=O)c2cc(Br)ccc2Cl)CC1. The van der Waals surface area contributed by atoms with E-state index in [1.54, 1.807) is 17.0 Å². The van der Waals surface area contributed by atoms with E-state index in [1.807, 2.05) is 13.0 Å². The van der Waals surface area contributed by atoms with Crippen LogP contribution in [0.2, 0.25) is 5.02 Å². The molecule has 1 aromatic carbocycles. The summed E-state index contributed by atoms with van der Waals surface area (Å²) in [6.07, 6.45) is 2.18. The lowest BCUT2D eigenvalue weighted by atomic mass is 10.1. The maximum absolute atomic E-state index is 12.7. The molecule has 2 fully saturated rings. The Kier molecular flexibility index (Phi) is 5.47. The molecule has 1 saturated heterocycles. The zero-order valence-corrected chi connectivity index (χ0v) is 15.9. The maximum Gasteiger partial charge on any atom is 0.255 e. The fourth-order valence-electron chi connectivity index (χ4n) is 2.86. The minimum absolute atomic E-state index is 0.0592. The first kappa shape index (κ1) is 17.7. The van der Waals surface area contributed by atoms with Crippen LogP contribution in [-0.2, 0) is 4.79 Å². The van der Waals surface area contributed by atoms with Crippen LogP contribution in [0.4, 0.5) is 0 Å². The van der Waals surface area contributed by atoms with Crippen molar-refractivity contribution in [3.8, 4) is 0 Å². The van der Waals surface area contributed by atoms with E-state index < -0.39 is 0 Å². The zero-order valence-electron chi connectivity index (χ0n) is 13.6. The lowest BCUT2D eigenvalue weighted by Gasteiger charge is -2.37. The van der Waals surface area contributed by atoms with Crippen LogP contribution in [0.3, 0.4) is 0 Å². The summed E-state index contributed by atoms with van der Waals surface area (Å²) in [6.45, 7) is 4.51. The molecule has 5 nitrogen and oxygen atoms in total. The first-order chi connectivity index (χ1) is 11.5. The van der Waals surface area contributed by atoms with Gasteiger partial charge in [-0.15, -0.1) is 0 Å². The highest BCUT2D eigenvalue weighted by Crippen LogP contribution is 2.23. The van der Waals surface area contributed by atoms with Crippen molar-refractivity contribution in [2.24, 2.45) is 0 Å². The number of carbonyl (C=O) groups is 2. The minimum Gasteiger partial charge on any atom is -0.352 e. The highest BCUT2D eigenvalue weighted by atomic mass is 79.9. The van der Waals surface area contributed by atoms with Crippen LogP contribution >= 0.6 is 27.5 Å². The quantitative estimate of drug-likeness (QED) is 0.824. The summed E-state index contributed by atoms with van der Waals surface area (Å²) in [7, 11) is 0. The molecule has 2 amide bonds. The Labute approximate surface area is 155 Å². The number of nitrogens with zero attached hydrogens (tertiary/aromatic N) is 2. The molecule has 1 atom stereocenters. The van der Waals surface area contributed by atoms with Crippen LogP contribution in [0.5, 0.6) is 0 Å². The Bertz CT molecular complexity index is 643. The molecular formula is C17H21BrClN3O2. The Balaban J connectivity index is 1.57. The molecule has 1 aromatic rings. The van der Waals surface area contributed by atoms with E-state index in [9.17, 15) is 9.59 Å². The zero-order chi connectivity index (χ0) is 17.3. The first-order valence-corrected chi connectivity index (χ1v) is 9.41. The summed E-state index contributed by atoms with van der Waals surface area (Å²) >= 11 is 9.53. The lowest BCUT2D eigenvalue weighted by Crippen LogP contribution is -2.55. The van der Waals surface area contributed by atoms with Crippen molar-refractivity contribution in [2.45, 2.75) is 31.8 Å². The van der Waals surface area contributed by atoms with Crippen LogP contribution < -0.4 is 5.32 Å². The van der Waals surface area contributed by atoms with E-state index >= 15 is 0 Å². The van der Waals surface area contributed by atoms with Gasteiger partial charge in [0.1, 0.15) is 0 Å². The first-order valence-electron chi connectivity index (χ1n) is 8.24. The van der Waals surface area contributed by atoms with Crippen molar-refractivity contribution in [3.05, 3.63) is 33.3 Å². The van der Waals surface area contributed by atoms with Crippen LogP contribution in [0.15, 0.2) is 22.7 Å². The Morgan fingerprint density at radius 3 is 2.54 bits per heavy atom. The molecule has 1 N–H and O–H groups in total. The predicted octanol–water partition coefficient (Wildman–Crippen LogP) is 2.53. The van der Waals surface area contributed by atoms with Crippen molar-refractivity contribution >= 4 is 39.3 Å². The molecule has 130 valence electrons. The minimum atomic E-state index is -0.155. The molecule has 0 spiro atoms. The molecule has 1 aliphatic heterocycles. The lowest BCUT2D eigenvalue weighted by molar-refractivity contribution is -0.126. The fourth-order valence-corrected chi connectivity index (χ4v) is 3.42. The molecule has 0 bridgehead atoms. The third-order valence-corrected chi connectivity index (χ3v) is 5.43. The number of hydrogen-bond acceptors (Lipinski definition) is 3. The average molecular weight is 415 g/mol. The monoisotopic (exact) mass is 413 g/mol. The van der Waals surface area contributed by atoms with Gasteiger partial charge < -0.3 is 10.2 Å². The largest absolute Gasteiger partial charge is 0.352 e. The van der Waals surface area contributed by atoms with E-state index in [4.69, 9.17) is 11.6 Å². The number of amides is 2. The van der Waals surface area contributed by atoms with Gasteiger partial charge in [-0.05, 0) is 38.0 Å². The summed E-state index contributed by atoms with van der Waals surface area (Å²) < 4.78 is 0.833. The van der Waals surface area contributed by atoms with Gasteiger partial charge in [-0.1, -0.05) is 27.5 Å². The Morgan fingerprint density at radius 1 is 1.25 bits per heavy atom. The number of hydrogen-bond donors (Lipinski definition) is 1. The summed E-state index contributed by atoms with van der Waals surface area (Å²) in [5, 5.41) is 3.50. The summed E-state index contributed by atoms with van der Waals surface area (Å²) in [6, 6.07) is 5.51. The van der Waals surface area contributed by atoms with Crippen molar-refractivity contribution in [1.29, 1.82) is 0 Å². The molecule has 0 radical (unpaired) electrons. The average Bonchev–Trinajstić information content (AvgIpc) is 3.40. The van der Waals surface area contributed by atoms with Gasteiger partial charge >= 0.3 is 0 Å². The second-order valence-corrected chi connectivity index (χ2v) is 7.73. The van der Waals surface area contributed by atoms with Gasteiger partial charge in [0.05, 0.1) is 16.6 Å². The van der Waals surface area contributed by atoms with Crippen molar-refractivity contribution in [3.63, 3.8) is 0 Å². The highest BCUT2D eigenvalue weighted by Gasteiger charge is 2.31. The molecule has 2 aliphatic rings. The van der Waals surface area contributed by atoms with Crippen molar-refractivity contribution in [1.82, 2.24) is 15.1 Å².